The SMILES string of the molecule is CC(C)(CNc1nc(NN)nc2[nH]ncc12)C(N)=O. The van der Waals surface area contributed by atoms with Crippen LogP contribution in [0, 0.1) is 5.41 Å². The van der Waals surface area contributed by atoms with Crippen LogP contribution in [0.15, 0.2) is 6.20 Å². The van der Waals surface area contributed by atoms with Crippen LogP contribution in [0.2, 0.25) is 0 Å². The number of hydrazine groups is 1. The summed E-state index contributed by atoms with van der Waals surface area (Å²) in [7, 11) is 0. The van der Waals surface area contributed by atoms with E-state index in [-0.39, 0.29) is 5.95 Å². The lowest BCUT2D eigenvalue weighted by Crippen LogP contribution is -2.37. The quantitative estimate of drug-likeness (QED) is 0.363. The third-order valence-electron chi connectivity index (χ3n) is 2.80. The average molecular weight is 264 g/mol. The van der Waals surface area contributed by atoms with Crippen molar-refractivity contribution in [2.24, 2.45) is 17.0 Å². The van der Waals surface area contributed by atoms with E-state index in [2.05, 4.69) is 30.9 Å². The topological polar surface area (TPSA) is 148 Å². The van der Waals surface area contributed by atoms with Gasteiger partial charge in [-0.25, -0.2) is 5.84 Å². The van der Waals surface area contributed by atoms with Crippen molar-refractivity contribution in [1.29, 1.82) is 0 Å². The van der Waals surface area contributed by atoms with Gasteiger partial charge >= 0.3 is 0 Å². The highest BCUT2D eigenvalue weighted by Crippen LogP contribution is 2.22. The first-order valence-corrected chi connectivity index (χ1v) is 5.65. The fourth-order valence-corrected chi connectivity index (χ4v) is 1.43. The number of nitrogens with one attached hydrogen (secondary N) is 3. The zero-order valence-corrected chi connectivity index (χ0v) is 10.7. The van der Waals surface area contributed by atoms with E-state index < -0.39 is 11.3 Å². The van der Waals surface area contributed by atoms with Gasteiger partial charge in [-0.15, -0.1) is 0 Å². The number of H-pyrrole nitrogens is 1. The van der Waals surface area contributed by atoms with E-state index in [1.807, 2.05) is 0 Å². The summed E-state index contributed by atoms with van der Waals surface area (Å²) in [6.07, 6.45) is 1.59. The second-order valence-corrected chi connectivity index (χ2v) is 4.77. The van der Waals surface area contributed by atoms with E-state index in [0.29, 0.717) is 23.4 Å². The van der Waals surface area contributed by atoms with Gasteiger partial charge in [-0.05, 0) is 13.8 Å². The van der Waals surface area contributed by atoms with Gasteiger partial charge in [0, 0.05) is 6.54 Å². The Morgan fingerprint density at radius 2 is 2.21 bits per heavy atom. The van der Waals surface area contributed by atoms with Crippen molar-refractivity contribution in [3.8, 4) is 0 Å². The first kappa shape index (κ1) is 13.0. The number of hydrogen-bond donors (Lipinski definition) is 5. The minimum absolute atomic E-state index is 0.246. The van der Waals surface area contributed by atoms with Gasteiger partial charge in [0.15, 0.2) is 5.65 Å². The van der Waals surface area contributed by atoms with Gasteiger partial charge in [0.25, 0.3) is 0 Å². The number of anilines is 2. The minimum atomic E-state index is -0.697. The first-order chi connectivity index (χ1) is 8.94. The molecule has 19 heavy (non-hydrogen) atoms. The number of carbonyl (C=O) groups excluding carboxylic acids is 1. The third kappa shape index (κ3) is 2.55. The van der Waals surface area contributed by atoms with Crippen LogP contribution in [0.1, 0.15) is 13.8 Å². The van der Waals surface area contributed by atoms with E-state index in [9.17, 15) is 4.79 Å². The lowest BCUT2D eigenvalue weighted by molar-refractivity contribution is -0.125. The minimum Gasteiger partial charge on any atom is -0.369 e. The fourth-order valence-electron chi connectivity index (χ4n) is 1.43. The zero-order valence-electron chi connectivity index (χ0n) is 10.7. The van der Waals surface area contributed by atoms with Crippen LogP contribution in [0.3, 0.4) is 0 Å². The predicted molar refractivity (Wildman–Crippen MR) is 71.0 cm³/mol. The Labute approximate surface area is 109 Å². The maximum absolute atomic E-state index is 11.3. The standard InChI is InChI=1S/C10H16N8O/c1-10(2,8(11)19)4-13-6-5-3-14-18-7(5)16-9(15-6)17-12/h3H,4,12H2,1-2H3,(H2,11,19)(H3,13,14,15,16,17,18). The molecule has 0 aliphatic rings. The molecular formula is C10H16N8O. The molecular weight excluding hydrogens is 248 g/mol. The maximum Gasteiger partial charge on any atom is 0.241 e. The van der Waals surface area contributed by atoms with Gasteiger partial charge in [0.2, 0.25) is 11.9 Å². The Kier molecular flexibility index (Phi) is 3.21. The summed E-state index contributed by atoms with van der Waals surface area (Å²) in [5.74, 6) is 5.68. The Bertz CT molecular complexity index is 605. The molecule has 0 aromatic carbocycles. The molecule has 2 aromatic heterocycles. The third-order valence-corrected chi connectivity index (χ3v) is 2.80. The van der Waals surface area contributed by atoms with Crippen molar-refractivity contribution in [3.05, 3.63) is 6.20 Å². The predicted octanol–water partition coefficient (Wildman–Crippen LogP) is -0.438. The number of aromatic nitrogens is 4. The van der Waals surface area contributed by atoms with Gasteiger partial charge in [-0.1, -0.05) is 0 Å². The van der Waals surface area contributed by atoms with Crippen LogP contribution in [0.25, 0.3) is 11.0 Å². The Morgan fingerprint density at radius 1 is 1.47 bits per heavy atom. The van der Waals surface area contributed by atoms with Crippen LogP contribution >= 0.6 is 0 Å². The smallest absolute Gasteiger partial charge is 0.241 e. The number of nitrogens with zero attached hydrogens (tertiary/aromatic N) is 3. The summed E-state index contributed by atoms with van der Waals surface area (Å²) in [6.45, 7) is 3.83. The Balaban J connectivity index is 2.29. The molecule has 2 heterocycles. The largest absolute Gasteiger partial charge is 0.369 e. The van der Waals surface area contributed by atoms with Gasteiger partial charge in [-0.3, -0.25) is 15.3 Å². The second kappa shape index (κ2) is 4.69. The molecule has 0 saturated carbocycles. The number of nitrogens with two attached hydrogens (primary N) is 2. The second-order valence-electron chi connectivity index (χ2n) is 4.77. The van der Waals surface area contributed by atoms with Crippen LogP contribution in [0.4, 0.5) is 11.8 Å². The van der Waals surface area contributed by atoms with Crippen LogP contribution < -0.4 is 22.3 Å². The Hall–Kier alpha value is -2.42. The average Bonchev–Trinajstić information content (AvgIpc) is 2.83. The van der Waals surface area contributed by atoms with Crippen LogP contribution in [-0.4, -0.2) is 32.6 Å². The lowest BCUT2D eigenvalue weighted by atomic mass is 9.93. The highest BCUT2D eigenvalue weighted by molar-refractivity contribution is 5.87. The van der Waals surface area contributed by atoms with E-state index >= 15 is 0 Å². The van der Waals surface area contributed by atoms with Crippen molar-refractivity contribution < 1.29 is 4.79 Å². The highest BCUT2D eigenvalue weighted by Gasteiger charge is 2.25. The van der Waals surface area contributed by atoms with E-state index in [4.69, 9.17) is 11.6 Å². The number of amides is 1. The number of rotatable bonds is 5. The van der Waals surface area contributed by atoms with E-state index in [1.165, 1.54) is 0 Å². The van der Waals surface area contributed by atoms with Crippen molar-refractivity contribution in [2.75, 3.05) is 17.3 Å². The highest BCUT2D eigenvalue weighted by atomic mass is 16.1. The molecule has 0 bridgehead atoms. The van der Waals surface area contributed by atoms with Gasteiger partial charge in [0.1, 0.15) is 5.82 Å². The molecule has 0 fully saturated rings. The molecule has 7 N–H and O–H groups in total. The van der Waals surface area contributed by atoms with Crippen LogP contribution in [0.5, 0.6) is 0 Å². The molecule has 0 spiro atoms. The first-order valence-electron chi connectivity index (χ1n) is 5.65. The van der Waals surface area contributed by atoms with Crippen molar-refractivity contribution in [3.63, 3.8) is 0 Å². The summed E-state index contributed by atoms with van der Waals surface area (Å²) in [6, 6.07) is 0. The fraction of sp³-hybridized carbons (Fsp3) is 0.400. The van der Waals surface area contributed by atoms with E-state index in [0.717, 1.165) is 0 Å². The van der Waals surface area contributed by atoms with Crippen molar-refractivity contribution >= 4 is 28.7 Å². The monoisotopic (exact) mass is 264 g/mol. The van der Waals surface area contributed by atoms with Crippen LogP contribution in [-0.2, 0) is 4.79 Å². The van der Waals surface area contributed by atoms with Gasteiger partial charge < -0.3 is 11.1 Å². The van der Waals surface area contributed by atoms with Gasteiger partial charge in [-0.2, -0.15) is 15.1 Å². The Morgan fingerprint density at radius 3 is 2.84 bits per heavy atom. The molecule has 0 radical (unpaired) electrons. The summed E-state index contributed by atoms with van der Waals surface area (Å²) >= 11 is 0. The van der Waals surface area contributed by atoms with E-state index in [1.54, 1.807) is 20.0 Å². The number of primary amides is 1. The molecule has 1 amide bonds. The molecule has 9 nitrogen and oxygen atoms in total. The summed E-state index contributed by atoms with van der Waals surface area (Å²) in [5.41, 5.74) is 7.53. The molecule has 0 saturated heterocycles. The summed E-state index contributed by atoms with van der Waals surface area (Å²) in [4.78, 5) is 19.6. The number of aromatic amines is 1. The lowest BCUT2D eigenvalue weighted by Gasteiger charge is -2.21. The number of fused-ring (bicyclic) bond motifs is 1. The van der Waals surface area contributed by atoms with Gasteiger partial charge in [0.05, 0.1) is 17.0 Å². The molecule has 0 unspecified atom stereocenters. The zero-order chi connectivity index (χ0) is 14.0. The molecule has 0 aliphatic carbocycles. The number of hydrogen-bond acceptors (Lipinski definition) is 7. The molecule has 9 heteroatoms. The molecule has 2 aromatic rings. The molecule has 2 rings (SSSR count). The maximum atomic E-state index is 11.3. The number of carbonyl (C=O) groups is 1. The molecule has 0 atom stereocenters. The normalized spacial score (nSPS) is 11.5. The van der Waals surface area contributed by atoms with Crippen molar-refractivity contribution in [1.82, 2.24) is 20.2 Å². The number of nitrogen functional groups attached to an aromatic ring is 1. The molecule has 102 valence electrons. The van der Waals surface area contributed by atoms with Crippen molar-refractivity contribution in [2.45, 2.75) is 13.8 Å². The molecule has 0 aliphatic heterocycles. The summed E-state index contributed by atoms with van der Waals surface area (Å²) < 4.78 is 0. The summed E-state index contributed by atoms with van der Waals surface area (Å²) in [5, 5.41) is 10.4.